The SMILES string of the molecule is CC(C)(C)C(=O)c1csc2c(Br)cccc12. The molecule has 0 aliphatic heterocycles. The van der Waals surface area contributed by atoms with Crippen LogP contribution in [0.5, 0.6) is 0 Å². The van der Waals surface area contributed by atoms with E-state index < -0.39 is 0 Å². The molecule has 0 saturated carbocycles. The van der Waals surface area contributed by atoms with Crippen LogP contribution in [0.25, 0.3) is 10.1 Å². The van der Waals surface area contributed by atoms with E-state index in [9.17, 15) is 4.79 Å². The summed E-state index contributed by atoms with van der Waals surface area (Å²) in [5.74, 6) is 0.205. The normalized spacial score (nSPS) is 12.0. The molecule has 0 N–H and O–H groups in total. The Morgan fingerprint density at radius 3 is 2.62 bits per heavy atom. The van der Waals surface area contributed by atoms with Crippen LogP contribution in [-0.2, 0) is 0 Å². The van der Waals surface area contributed by atoms with E-state index in [2.05, 4.69) is 15.9 Å². The lowest BCUT2D eigenvalue weighted by atomic mass is 9.86. The number of carbonyl (C=O) groups is 1. The smallest absolute Gasteiger partial charge is 0.169 e. The van der Waals surface area contributed by atoms with Crippen molar-refractivity contribution >= 4 is 43.1 Å². The summed E-state index contributed by atoms with van der Waals surface area (Å²) in [7, 11) is 0. The van der Waals surface area contributed by atoms with Gasteiger partial charge in [0.2, 0.25) is 0 Å². The quantitative estimate of drug-likeness (QED) is 0.685. The average Bonchev–Trinajstić information content (AvgIpc) is 2.60. The summed E-state index contributed by atoms with van der Waals surface area (Å²) in [5, 5.41) is 3.02. The lowest BCUT2D eigenvalue weighted by Crippen LogP contribution is -2.19. The standard InChI is InChI=1S/C13H13BrOS/c1-13(2,3)12(15)9-7-16-11-8(9)5-4-6-10(11)14/h4-7H,1-3H3. The van der Waals surface area contributed by atoms with Gasteiger partial charge in [0.15, 0.2) is 5.78 Å². The second-order valence-electron chi connectivity index (χ2n) is 4.85. The summed E-state index contributed by atoms with van der Waals surface area (Å²) in [6, 6.07) is 5.98. The number of rotatable bonds is 1. The van der Waals surface area contributed by atoms with Crippen molar-refractivity contribution in [1.82, 2.24) is 0 Å². The highest BCUT2D eigenvalue weighted by Crippen LogP contribution is 2.35. The molecule has 1 aromatic heterocycles. The van der Waals surface area contributed by atoms with E-state index in [1.54, 1.807) is 11.3 Å². The van der Waals surface area contributed by atoms with E-state index in [4.69, 9.17) is 0 Å². The third-order valence-corrected chi connectivity index (χ3v) is 4.43. The van der Waals surface area contributed by atoms with Gasteiger partial charge in [-0.2, -0.15) is 0 Å². The van der Waals surface area contributed by atoms with E-state index in [0.717, 1.165) is 20.1 Å². The first-order valence-electron chi connectivity index (χ1n) is 5.12. The molecule has 0 atom stereocenters. The average molecular weight is 297 g/mol. The summed E-state index contributed by atoms with van der Waals surface area (Å²) in [6.07, 6.45) is 0. The Morgan fingerprint density at radius 2 is 2.00 bits per heavy atom. The van der Waals surface area contributed by atoms with Crippen molar-refractivity contribution in [3.63, 3.8) is 0 Å². The summed E-state index contributed by atoms with van der Waals surface area (Å²) >= 11 is 5.13. The molecule has 2 rings (SSSR count). The van der Waals surface area contributed by atoms with Crippen molar-refractivity contribution in [3.8, 4) is 0 Å². The molecule has 0 unspecified atom stereocenters. The molecule has 0 spiro atoms. The summed E-state index contributed by atoms with van der Waals surface area (Å²) < 4.78 is 2.21. The Bertz CT molecular complexity index is 549. The molecular weight excluding hydrogens is 284 g/mol. The van der Waals surface area contributed by atoms with Gasteiger partial charge < -0.3 is 0 Å². The second-order valence-corrected chi connectivity index (χ2v) is 6.58. The minimum Gasteiger partial charge on any atom is -0.294 e. The fourth-order valence-electron chi connectivity index (χ4n) is 1.60. The highest BCUT2D eigenvalue weighted by atomic mass is 79.9. The Hall–Kier alpha value is -0.670. The van der Waals surface area contributed by atoms with Gasteiger partial charge in [-0.15, -0.1) is 11.3 Å². The van der Waals surface area contributed by atoms with Crippen LogP contribution in [0.2, 0.25) is 0 Å². The van der Waals surface area contributed by atoms with Gasteiger partial charge in [-0.25, -0.2) is 0 Å². The fraction of sp³-hybridized carbons (Fsp3) is 0.308. The van der Waals surface area contributed by atoms with Crippen LogP contribution in [0.1, 0.15) is 31.1 Å². The Kier molecular flexibility index (Phi) is 2.93. The minimum absolute atomic E-state index is 0.205. The number of Topliss-reactive ketones (excluding diaryl/α,β-unsaturated/α-hetero) is 1. The molecule has 1 aromatic carbocycles. The third kappa shape index (κ3) is 1.94. The third-order valence-electron chi connectivity index (χ3n) is 2.48. The van der Waals surface area contributed by atoms with Gasteiger partial charge in [0.05, 0.1) is 0 Å². The zero-order valence-corrected chi connectivity index (χ0v) is 11.9. The molecule has 0 aliphatic rings. The van der Waals surface area contributed by atoms with Crippen molar-refractivity contribution < 1.29 is 4.79 Å². The van der Waals surface area contributed by atoms with Crippen LogP contribution in [0.15, 0.2) is 28.1 Å². The highest BCUT2D eigenvalue weighted by molar-refractivity contribution is 9.10. The number of thiophene rings is 1. The minimum atomic E-state index is -0.323. The van der Waals surface area contributed by atoms with Crippen molar-refractivity contribution in [2.24, 2.45) is 5.41 Å². The molecule has 0 saturated heterocycles. The molecule has 0 radical (unpaired) electrons. The first-order valence-corrected chi connectivity index (χ1v) is 6.79. The lowest BCUT2D eigenvalue weighted by molar-refractivity contribution is 0.0860. The molecule has 1 nitrogen and oxygen atoms in total. The van der Waals surface area contributed by atoms with Gasteiger partial charge in [0.25, 0.3) is 0 Å². The number of halogens is 1. The van der Waals surface area contributed by atoms with Gasteiger partial charge in [-0.05, 0) is 22.0 Å². The van der Waals surface area contributed by atoms with Gasteiger partial charge in [0, 0.05) is 30.9 Å². The van der Waals surface area contributed by atoms with Gasteiger partial charge in [-0.3, -0.25) is 4.79 Å². The Morgan fingerprint density at radius 1 is 1.31 bits per heavy atom. The first kappa shape index (κ1) is 11.8. The van der Waals surface area contributed by atoms with Crippen LogP contribution < -0.4 is 0 Å². The fourth-order valence-corrected chi connectivity index (χ4v) is 3.20. The maximum atomic E-state index is 12.2. The van der Waals surface area contributed by atoms with E-state index in [1.165, 1.54) is 0 Å². The lowest BCUT2D eigenvalue weighted by Gasteiger charge is -2.15. The monoisotopic (exact) mass is 296 g/mol. The number of carbonyl (C=O) groups excluding carboxylic acids is 1. The van der Waals surface area contributed by atoms with Gasteiger partial charge >= 0.3 is 0 Å². The predicted molar refractivity (Wildman–Crippen MR) is 73.3 cm³/mol. The topological polar surface area (TPSA) is 17.1 Å². The molecular formula is C13H13BrOS. The molecule has 3 heteroatoms. The molecule has 2 aromatic rings. The van der Waals surface area contributed by atoms with E-state index in [1.807, 2.05) is 44.4 Å². The Balaban J connectivity index is 2.64. The summed E-state index contributed by atoms with van der Waals surface area (Å²) in [4.78, 5) is 12.2. The predicted octanol–water partition coefficient (Wildman–Crippen LogP) is 4.89. The van der Waals surface area contributed by atoms with Crippen molar-refractivity contribution in [3.05, 3.63) is 33.6 Å². The maximum Gasteiger partial charge on any atom is 0.169 e. The number of hydrogen-bond donors (Lipinski definition) is 0. The molecule has 1 heterocycles. The second kappa shape index (κ2) is 3.97. The van der Waals surface area contributed by atoms with Gasteiger partial charge in [0.1, 0.15) is 0 Å². The number of benzene rings is 1. The van der Waals surface area contributed by atoms with Gasteiger partial charge in [-0.1, -0.05) is 32.9 Å². The van der Waals surface area contributed by atoms with Crippen molar-refractivity contribution in [1.29, 1.82) is 0 Å². The van der Waals surface area contributed by atoms with Crippen LogP contribution in [0, 0.1) is 5.41 Å². The summed E-state index contributed by atoms with van der Waals surface area (Å²) in [6.45, 7) is 5.87. The number of hydrogen-bond acceptors (Lipinski definition) is 2. The van der Waals surface area contributed by atoms with Crippen LogP contribution in [-0.4, -0.2) is 5.78 Å². The number of ketones is 1. The molecule has 0 aliphatic carbocycles. The molecule has 16 heavy (non-hydrogen) atoms. The Labute approximate surface area is 108 Å². The first-order chi connectivity index (χ1) is 7.41. The molecule has 0 amide bonds. The number of fused-ring (bicyclic) bond motifs is 1. The zero-order valence-electron chi connectivity index (χ0n) is 9.50. The van der Waals surface area contributed by atoms with E-state index in [-0.39, 0.29) is 11.2 Å². The van der Waals surface area contributed by atoms with Crippen LogP contribution in [0.4, 0.5) is 0 Å². The van der Waals surface area contributed by atoms with Crippen LogP contribution >= 0.6 is 27.3 Å². The molecule has 0 fully saturated rings. The highest BCUT2D eigenvalue weighted by Gasteiger charge is 2.25. The molecule has 84 valence electrons. The molecule has 0 bridgehead atoms. The van der Waals surface area contributed by atoms with Crippen molar-refractivity contribution in [2.45, 2.75) is 20.8 Å². The van der Waals surface area contributed by atoms with E-state index in [0.29, 0.717) is 0 Å². The summed E-state index contributed by atoms with van der Waals surface area (Å²) in [5.41, 5.74) is 0.518. The van der Waals surface area contributed by atoms with Crippen molar-refractivity contribution in [2.75, 3.05) is 0 Å². The van der Waals surface area contributed by atoms with E-state index >= 15 is 0 Å². The van der Waals surface area contributed by atoms with Crippen LogP contribution in [0.3, 0.4) is 0 Å². The maximum absolute atomic E-state index is 12.2. The zero-order chi connectivity index (χ0) is 11.9. The largest absolute Gasteiger partial charge is 0.294 e.